The highest BCUT2D eigenvalue weighted by Crippen LogP contribution is 2.26. The van der Waals surface area contributed by atoms with Crippen LogP contribution in [0.25, 0.3) is 0 Å². The fourth-order valence-electron chi connectivity index (χ4n) is 1.49. The zero-order valence-corrected chi connectivity index (χ0v) is 12.9. The molecule has 1 aromatic heterocycles. The van der Waals surface area contributed by atoms with Gasteiger partial charge in [0.05, 0.1) is 26.5 Å². The fourth-order valence-corrected chi connectivity index (χ4v) is 4.07. The lowest BCUT2D eigenvalue weighted by atomic mass is 10.2. The van der Waals surface area contributed by atoms with Gasteiger partial charge in [-0.3, -0.25) is 4.72 Å². The van der Waals surface area contributed by atoms with Crippen LogP contribution >= 0.6 is 27.3 Å². The number of rotatable bonds is 3. The molecule has 98 valence electrons. The van der Waals surface area contributed by atoms with Gasteiger partial charge in [0.1, 0.15) is 0 Å². The second-order valence-electron chi connectivity index (χ2n) is 3.67. The number of aryl methyl sites for hydroxylation is 1. The monoisotopic (exact) mass is 357 g/mol. The largest absolute Gasteiger partial charge is 0.263 e. The highest BCUT2D eigenvalue weighted by molar-refractivity contribution is 9.11. The van der Waals surface area contributed by atoms with Crippen molar-refractivity contribution in [2.75, 3.05) is 4.72 Å². The Morgan fingerprint density at radius 3 is 2.74 bits per heavy atom. The Bertz CT molecular complexity index is 762. The maximum Gasteiger partial charge on any atom is 0.263 e. The average molecular weight is 358 g/mol. The number of anilines is 1. The van der Waals surface area contributed by atoms with Crippen molar-refractivity contribution in [1.29, 1.82) is 5.26 Å². The number of nitriles is 1. The van der Waals surface area contributed by atoms with Crippen molar-refractivity contribution in [3.05, 3.63) is 39.3 Å². The highest BCUT2D eigenvalue weighted by atomic mass is 79.9. The Balaban J connectivity index is 2.37. The summed E-state index contributed by atoms with van der Waals surface area (Å²) in [5, 5.41) is 9.05. The number of sulfonamides is 1. The van der Waals surface area contributed by atoms with Crippen LogP contribution in [0.5, 0.6) is 0 Å². The van der Waals surface area contributed by atoms with Gasteiger partial charge in [0.25, 0.3) is 10.0 Å². The number of hydrogen-bond acceptors (Lipinski definition) is 5. The van der Waals surface area contributed by atoms with E-state index in [1.807, 2.05) is 6.07 Å². The topological polar surface area (TPSA) is 82.8 Å². The summed E-state index contributed by atoms with van der Waals surface area (Å²) in [6.07, 6.45) is 1.52. The molecular formula is C11H8BrN3O2S2. The SMILES string of the molecule is Cc1cc(C#N)ccc1S(=O)(=O)Nc1ncc(Br)s1. The van der Waals surface area contributed by atoms with Crippen LogP contribution in [0, 0.1) is 18.3 Å². The lowest BCUT2D eigenvalue weighted by Gasteiger charge is -2.08. The van der Waals surface area contributed by atoms with Crippen LogP contribution in [0.2, 0.25) is 0 Å². The maximum atomic E-state index is 12.2. The summed E-state index contributed by atoms with van der Waals surface area (Å²) in [5.41, 5.74) is 0.940. The lowest BCUT2D eigenvalue weighted by Crippen LogP contribution is -2.14. The van der Waals surface area contributed by atoms with Gasteiger partial charge in [-0.2, -0.15) is 5.26 Å². The third-order valence-electron chi connectivity index (χ3n) is 2.29. The summed E-state index contributed by atoms with van der Waals surface area (Å²) in [4.78, 5) is 4.06. The maximum absolute atomic E-state index is 12.2. The molecular weight excluding hydrogens is 350 g/mol. The molecule has 1 aromatic carbocycles. The van der Waals surface area contributed by atoms with Gasteiger partial charge < -0.3 is 0 Å². The van der Waals surface area contributed by atoms with Gasteiger partial charge in [0.15, 0.2) is 5.13 Å². The Hall–Kier alpha value is -1.43. The number of nitrogens with zero attached hydrogens (tertiary/aromatic N) is 2. The first-order valence-corrected chi connectivity index (χ1v) is 8.16. The molecule has 0 saturated carbocycles. The number of halogens is 1. The molecule has 0 amide bonds. The second-order valence-corrected chi connectivity index (χ2v) is 7.73. The third kappa shape index (κ3) is 3.12. The van der Waals surface area contributed by atoms with Crippen molar-refractivity contribution in [1.82, 2.24) is 4.98 Å². The molecule has 2 rings (SSSR count). The molecule has 0 saturated heterocycles. The normalized spacial score (nSPS) is 11.0. The Kier molecular flexibility index (Phi) is 3.89. The highest BCUT2D eigenvalue weighted by Gasteiger charge is 2.18. The van der Waals surface area contributed by atoms with Gasteiger partial charge >= 0.3 is 0 Å². The summed E-state index contributed by atoms with van der Waals surface area (Å²) in [6.45, 7) is 1.65. The van der Waals surface area contributed by atoms with Crippen LogP contribution in [0.15, 0.2) is 33.1 Å². The lowest BCUT2D eigenvalue weighted by molar-refractivity contribution is 0.600. The fraction of sp³-hybridized carbons (Fsp3) is 0.0909. The first kappa shape index (κ1) is 14.0. The standard InChI is InChI=1S/C11H8BrN3O2S2/c1-7-4-8(5-13)2-3-9(7)19(16,17)15-11-14-6-10(12)18-11/h2-4,6H,1H3,(H,14,15). The first-order valence-electron chi connectivity index (χ1n) is 5.07. The van der Waals surface area contributed by atoms with E-state index in [1.54, 1.807) is 6.92 Å². The molecule has 0 radical (unpaired) electrons. The quantitative estimate of drug-likeness (QED) is 0.915. The van der Waals surface area contributed by atoms with E-state index in [0.29, 0.717) is 11.1 Å². The van der Waals surface area contributed by atoms with Crippen LogP contribution in [-0.2, 0) is 10.0 Å². The Morgan fingerprint density at radius 2 is 2.21 bits per heavy atom. The van der Waals surface area contributed by atoms with Gasteiger partial charge in [0.2, 0.25) is 0 Å². The van der Waals surface area contributed by atoms with Gasteiger partial charge in [0, 0.05) is 0 Å². The molecule has 19 heavy (non-hydrogen) atoms. The summed E-state index contributed by atoms with van der Waals surface area (Å²) in [7, 11) is -3.69. The number of nitrogens with one attached hydrogen (secondary N) is 1. The van der Waals surface area contributed by atoms with E-state index in [2.05, 4.69) is 25.6 Å². The molecule has 0 fully saturated rings. The van der Waals surface area contributed by atoms with E-state index in [9.17, 15) is 8.42 Å². The van der Waals surface area contributed by atoms with E-state index in [-0.39, 0.29) is 10.0 Å². The van der Waals surface area contributed by atoms with E-state index in [4.69, 9.17) is 5.26 Å². The van der Waals surface area contributed by atoms with E-state index in [0.717, 1.165) is 3.79 Å². The molecule has 8 heteroatoms. The summed E-state index contributed by atoms with van der Waals surface area (Å²) >= 11 is 4.40. The third-order valence-corrected chi connectivity index (χ3v) is 5.31. The molecule has 1 heterocycles. The van der Waals surface area contributed by atoms with Crippen molar-refractivity contribution in [2.24, 2.45) is 0 Å². The number of hydrogen-bond donors (Lipinski definition) is 1. The van der Waals surface area contributed by atoms with Crippen molar-refractivity contribution in [2.45, 2.75) is 11.8 Å². The molecule has 1 N–H and O–H groups in total. The summed E-state index contributed by atoms with van der Waals surface area (Å²) in [6, 6.07) is 6.39. The van der Waals surface area contributed by atoms with E-state index in [1.165, 1.54) is 35.7 Å². The molecule has 0 aliphatic carbocycles. The van der Waals surface area contributed by atoms with Gasteiger partial charge in [-0.1, -0.05) is 11.3 Å². The van der Waals surface area contributed by atoms with Crippen LogP contribution in [0.1, 0.15) is 11.1 Å². The Morgan fingerprint density at radius 1 is 1.47 bits per heavy atom. The summed E-state index contributed by atoms with van der Waals surface area (Å²) < 4.78 is 27.5. The van der Waals surface area contributed by atoms with Crippen LogP contribution in [0.3, 0.4) is 0 Å². The van der Waals surface area contributed by atoms with Crippen LogP contribution < -0.4 is 4.72 Å². The molecule has 2 aromatic rings. The number of benzene rings is 1. The van der Waals surface area contributed by atoms with Crippen molar-refractivity contribution >= 4 is 42.4 Å². The average Bonchev–Trinajstić information content (AvgIpc) is 2.73. The van der Waals surface area contributed by atoms with Gasteiger partial charge in [-0.25, -0.2) is 13.4 Å². The van der Waals surface area contributed by atoms with Crippen molar-refractivity contribution in [3.8, 4) is 6.07 Å². The predicted molar refractivity (Wildman–Crippen MR) is 76.5 cm³/mol. The number of thiazole rings is 1. The van der Waals surface area contributed by atoms with Gasteiger partial charge in [-0.05, 0) is 46.6 Å². The minimum Gasteiger partial charge on any atom is -0.255 e. The van der Waals surface area contributed by atoms with E-state index >= 15 is 0 Å². The minimum absolute atomic E-state index is 0.137. The zero-order chi connectivity index (χ0) is 14.0. The van der Waals surface area contributed by atoms with Crippen LogP contribution in [0.4, 0.5) is 5.13 Å². The van der Waals surface area contributed by atoms with E-state index < -0.39 is 10.0 Å². The predicted octanol–water partition coefficient (Wildman–Crippen LogP) is 2.89. The zero-order valence-electron chi connectivity index (χ0n) is 9.71. The molecule has 0 unspecified atom stereocenters. The minimum atomic E-state index is -3.69. The molecule has 0 spiro atoms. The molecule has 0 atom stereocenters. The molecule has 0 aliphatic rings. The Labute approximate surface area is 123 Å². The molecule has 5 nitrogen and oxygen atoms in total. The molecule has 0 bridgehead atoms. The molecule has 0 aliphatic heterocycles. The second kappa shape index (κ2) is 5.28. The van der Waals surface area contributed by atoms with Crippen LogP contribution in [-0.4, -0.2) is 13.4 Å². The van der Waals surface area contributed by atoms with Crippen molar-refractivity contribution in [3.63, 3.8) is 0 Å². The summed E-state index contributed by atoms with van der Waals surface area (Å²) in [5.74, 6) is 0. The number of aromatic nitrogens is 1. The smallest absolute Gasteiger partial charge is 0.255 e. The first-order chi connectivity index (χ1) is 8.92. The van der Waals surface area contributed by atoms with Gasteiger partial charge in [-0.15, -0.1) is 0 Å². The van der Waals surface area contributed by atoms with Crippen molar-refractivity contribution < 1.29 is 8.42 Å².